The van der Waals surface area contributed by atoms with E-state index in [9.17, 15) is 5.11 Å². The van der Waals surface area contributed by atoms with Gasteiger partial charge in [0.1, 0.15) is 5.76 Å². The van der Waals surface area contributed by atoms with Crippen LogP contribution in [0.25, 0.3) is 11.0 Å². The molecule has 4 rings (SSSR count). The topological polar surface area (TPSA) is 82.1 Å². The first-order valence-electron chi connectivity index (χ1n) is 11.1. The summed E-state index contributed by atoms with van der Waals surface area (Å²) in [5.74, 6) is 0.279. The molecule has 0 saturated carbocycles. The number of fused-ring (bicyclic) bond motifs is 1. The maximum absolute atomic E-state index is 9.74. The van der Waals surface area contributed by atoms with Gasteiger partial charge in [-0.3, -0.25) is 9.97 Å². The van der Waals surface area contributed by atoms with Gasteiger partial charge < -0.3 is 21.1 Å². The molecule has 6 heteroatoms. The highest BCUT2D eigenvalue weighted by Gasteiger charge is 2.08. The van der Waals surface area contributed by atoms with Crippen LogP contribution in [0.5, 0.6) is 0 Å². The zero-order chi connectivity index (χ0) is 22.2. The number of aliphatic hydroxyl groups excluding tert-OH is 1. The summed E-state index contributed by atoms with van der Waals surface area (Å²) < 4.78 is 0. The summed E-state index contributed by atoms with van der Waals surface area (Å²) in [5, 5.41) is 19.2. The fourth-order valence-electron chi connectivity index (χ4n) is 2.89. The molecule has 2 aliphatic rings. The maximum atomic E-state index is 9.74. The van der Waals surface area contributed by atoms with Crippen molar-refractivity contribution in [2.75, 3.05) is 19.6 Å². The van der Waals surface area contributed by atoms with Crippen LogP contribution in [0.3, 0.4) is 0 Å². The zero-order valence-corrected chi connectivity index (χ0v) is 19.3. The second kappa shape index (κ2) is 15.3. The third-order valence-corrected chi connectivity index (χ3v) is 4.20. The smallest absolute Gasteiger partial charge is 0.137 e. The Morgan fingerprint density at radius 2 is 1.73 bits per heavy atom. The Bertz CT molecular complexity index is 790. The molecular weight excluding hydrogens is 374 g/mol. The number of rotatable bonds is 3. The van der Waals surface area contributed by atoms with E-state index in [0.29, 0.717) is 18.8 Å². The van der Waals surface area contributed by atoms with Gasteiger partial charge in [0, 0.05) is 31.7 Å². The van der Waals surface area contributed by atoms with Crippen LogP contribution in [-0.4, -0.2) is 34.7 Å². The monoisotopic (exact) mass is 413 g/mol. The van der Waals surface area contributed by atoms with Gasteiger partial charge >= 0.3 is 0 Å². The third-order valence-electron chi connectivity index (χ3n) is 4.20. The molecule has 0 amide bonds. The molecule has 30 heavy (non-hydrogen) atoms. The van der Waals surface area contributed by atoms with Gasteiger partial charge in [-0.2, -0.15) is 0 Å². The average Bonchev–Trinajstić information content (AvgIpc) is 3.36. The lowest BCUT2D eigenvalue weighted by Crippen LogP contribution is -2.22. The number of dihydropyridines is 1. The highest BCUT2D eigenvalue weighted by Crippen LogP contribution is 2.17. The van der Waals surface area contributed by atoms with Crippen LogP contribution in [0.15, 0.2) is 48.3 Å². The molecule has 0 bridgehead atoms. The Labute approximate surface area is 181 Å². The van der Waals surface area contributed by atoms with Crippen molar-refractivity contribution in [1.29, 1.82) is 0 Å². The van der Waals surface area contributed by atoms with Crippen LogP contribution < -0.4 is 16.0 Å². The molecule has 0 spiro atoms. The normalized spacial score (nSPS) is 14.4. The number of nitrogens with one attached hydrogen (secondary N) is 3. The quantitative estimate of drug-likeness (QED) is 0.583. The van der Waals surface area contributed by atoms with Crippen molar-refractivity contribution in [1.82, 2.24) is 25.9 Å². The summed E-state index contributed by atoms with van der Waals surface area (Å²) >= 11 is 0. The molecule has 6 nitrogen and oxygen atoms in total. The molecule has 2 aliphatic heterocycles. The number of aryl methyl sites for hydroxylation is 1. The van der Waals surface area contributed by atoms with E-state index in [0.717, 1.165) is 22.2 Å². The zero-order valence-electron chi connectivity index (χ0n) is 19.3. The van der Waals surface area contributed by atoms with Gasteiger partial charge in [0.25, 0.3) is 0 Å². The Balaban J connectivity index is 0.000000376. The van der Waals surface area contributed by atoms with E-state index in [1.54, 1.807) is 24.7 Å². The summed E-state index contributed by atoms with van der Waals surface area (Å²) in [7, 11) is 0. The first-order valence-corrected chi connectivity index (χ1v) is 11.1. The summed E-state index contributed by atoms with van der Waals surface area (Å²) in [6, 6.07) is 4.10. The number of nitrogens with zero attached hydrogens (tertiary/aromatic N) is 2. The standard InChI is InChI=1S/C15H16N4O.C4H9N.C3H8.C2H6/c1-10-6-11(7-12-15(10)18-5-4-17-12)8-19-13-9-16-3-2-14(13)20;1-2-4-5-3-1;1-3-2;1-2/h2,4-7,9,16,19-20H,3,8H2,1H3;5H,1-4H2;3H2,1-2H3;1-2H3. The molecular formula is C24H39N5O. The first-order chi connectivity index (χ1) is 14.7. The van der Waals surface area contributed by atoms with E-state index < -0.39 is 0 Å². The van der Waals surface area contributed by atoms with Crippen molar-refractivity contribution in [2.45, 2.75) is 60.4 Å². The minimum atomic E-state index is 0.279. The Morgan fingerprint density at radius 3 is 2.33 bits per heavy atom. The Kier molecular flexibility index (Phi) is 12.9. The van der Waals surface area contributed by atoms with Crippen molar-refractivity contribution in [2.24, 2.45) is 0 Å². The lowest BCUT2D eigenvalue weighted by Gasteiger charge is -2.15. The average molecular weight is 414 g/mol. The molecule has 1 saturated heterocycles. The fourth-order valence-corrected chi connectivity index (χ4v) is 2.89. The maximum Gasteiger partial charge on any atom is 0.137 e. The van der Waals surface area contributed by atoms with Crippen LogP contribution >= 0.6 is 0 Å². The fraction of sp³-hybridized carbons (Fsp3) is 0.500. The van der Waals surface area contributed by atoms with Gasteiger partial charge in [0.05, 0.1) is 16.7 Å². The van der Waals surface area contributed by atoms with Crippen LogP contribution in [0.2, 0.25) is 0 Å². The molecule has 1 aromatic heterocycles. The van der Waals surface area contributed by atoms with Crippen LogP contribution in [0.1, 0.15) is 58.1 Å². The van der Waals surface area contributed by atoms with E-state index in [1.165, 1.54) is 32.4 Å². The minimum absolute atomic E-state index is 0.279. The van der Waals surface area contributed by atoms with Crippen molar-refractivity contribution in [3.63, 3.8) is 0 Å². The van der Waals surface area contributed by atoms with Crippen molar-refractivity contribution in [3.8, 4) is 0 Å². The summed E-state index contributed by atoms with van der Waals surface area (Å²) in [6.45, 7) is 14.1. The predicted octanol–water partition coefficient (Wildman–Crippen LogP) is 4.73. The lowest BCUT2D eigenvalue weighted by atomic mass is 10.1. The highest BCUT2D eigenvalue weighted by atomic mass is 16.3. The van der Waals surface area contributed by atoms with E-state index in [2.05, 4.69) is 45.8 Å². The summed E-state index contributed by atoms with van der Waals surface area (Å²) in [6.07, 6.45) is 10.9. The highest BCUT2D eigenvalue weighted by molar-refractivity contribution is 5.78. The molecule has 166 valence electrons. The number of aromatic nitrogens is 2. The molecule has 0 radical (unpaired) electrons. The molecule has 0 unspecified atom stereocenters. The summed E-state index contributed by atoms with van der Waals surface area (Å²) in [4.78, 5) is 8.66. The van der Waals surface area contributed by atoms with Gasteiger partial charge in [-0.1, -0.05) is 40.2 Å². The van der Waals surface area contributed by atoms with Gasteiger partial charge in [0.15, 0.2) is 0 Å². The van der Waals surface area contributed by atoms with Crippen molar-refractivity contribution >= 4 is 11.0 Å². The molecule has 0 atom stereocenters. The van der Waals surface area contributed by atoms with Crippen LogP contribution in [0.4, 0.5) is 0 Å². The molecule has 4 N–H and O–H groups in total. The van der Waals surface area contributed by atoms with Gasteiger partial charge in [-0.05, 0) is 56.1 Å². The first kappa shape index (κ1) is 25.4. The van der Waals surface area contributed by atoms with Crippen molar-refractivity contribution < 1.29 is 5.11 Å². The lowest BCUT2D eigenvalue weighted by molar-refractivity contribution is 0.406. The van der Waals surface area contributed by atoms with Crippen LogP contribution in [0, 0.1) is 6.92 Å². The molecule has 1 fully saturated rings. The number of benzene rings is 1. The Hall–Kier alpha value is -2.60. The number of hydrogen-bond acceptors (Lipinski definition) is 6. The minimum Gasteiger partial charge on any atom is -0.506 e. The second-order valence-electron chi connectivity index (χ2n) is 6.91. The second-order valence-corrected chi connectivity index (χ2v) is 6.91. The molecule has 0 aliphatic carbocycles. The Morgan fingerprint density at radius 1 is 1.07 bits per heavy atom. The number of hydrogen-bond donors (Lipinski definition) is 4. The van der Waals surface area contributed by atoms with E-state index in [1.807, 2.05) is 26.8 Å². The molecule has 1 aromatic carbocycles. The van der Waals surface area contributed by atoms with E-state index in [-0.39, 0.29) is 5.76 Å². The van der Waals surface area contributed by atoms with Gasteiger partial charge in [0.2, 0.25) is 0 Å². The largest absolute Gasteiger partial charge is 0.506 e. The summed E-state index contributed by atoms with van der Waals surface area (Å²) in [5.41, 5.74) is 4.73. The predicted molar refractivity (Wildman–Crippen MR) is 127 cm³/mol. The van der Waals surface area contributed by atoms with Gasteiger partial charge in [-0.15, -0.1) is 0 Å². The molecule has 3 heterocycles. The number of aliphatic hydroxyl groups is 1. The van der Waals surface area contributed by atoms with Crippen molar-refractivity contribution in [3.05, 3.63) is 59.4 Å². The van der Waals surface area contributed by atoms with Crippen LogP contribution in [-0.2, 0) is 6.54 Å². The SMILES string of the molecule is C1CCNC1.CC.CCC.Cc1cc(CNC2=CNCC=C2O)cc2nccnc12. The van der Waals surface area contributed by atoms with Gasteiger partial charge in [-0.25, -0.2) is 0 Å². The van der Waals surface area contributed by atoms with E-state index >= 15 is 0 Å². The molecule has 2 aromatic rings. The third kappa shape index (κ3) is 8.82. The van der Waals surface area contributed by atoms with E-state index in [4.69, 9.17) is 0 Å².